The molecule has 0 aromatic heterocycles. The van der Waals surface area contributed by atoms with Gasteiger partial charge in [0.25, 0.3) is 11.8 Å². The van der Waals surface area contributed by atoms with Crippen LogP contribution in [0, 0.1) is 6.92 Å². The van der Waals surface area contributed by atoms with E-state index in [-0.39, 0.29) is 42.6 Å². The molecule has 0 bridgehead atoms. The maximum absolute atomic E-state index is 12.3. The van der Waals surface area contributed by atoms with E-state index in [1.165, 1.54) is 0 Å². The molecule has 1 atom stereocenters. The molecule has 2 heterocycles. The summed E-state index contributed by atoms with van der Waals surface area (Å²) in [6, 6.07) is 6.62. The third-order valence-corrected chi connectivity index (χ3v) is 6.30. The van der Waals surface area contributed by atoms with Crippen molar-refractivity contribution in [2.24, 2.45) is 5.10 Å². The molecule has 3 rings (SSSR count). The average Bonchev–Trinajstić information content (AvgIpc) is 3.04. The summed E-state index contributed by atoms with van der Waals surface area (Å²) in [5.74, 6) is -1.18. The number of rotatable bonds is 5. The van der Waals surface area contributed by atoms with Gasteiger partial charge in [0.05, 0.1) is 17.5 Å². The second kappa shape index (κ2) is 8.60. The minimum absolute atomic E-state index is 0.00447. The van der Waals surface area contributed by atoms with Crippen LogP contribution >= 0.6 is 0 Å². The van der Waals surface area contributed by atoms with Crippen LogP contribution in [0.4, 0.5) is 0 Å². The number of aryl methyl sites for hydroxylation is 1. The highest BCUT2D eigenvalue weighted by molar-refractivity contribution is 7.91. The van der Waals surface area contributed by atoms with Crippen LogP contribution in [0.15, 0.2) is 29.4 Å². The molecule has 1 aromatic rings. The number of hydrazine groups is 1. The first kappa shape index (κ1) is 20.8. The Hall–Kier alpha value is -2.95. The number of amides is 3. The lowest BCUT2D eigenvalue weighted by Gasteiger charge is -2.27. The first-order valence-electron chi connectivity index (χ1n) is 9.12. The monoisotopic (exact) mass is 422 g/mol. The van der Waals surface area contributed by atoms with Crippen LogP contribution < -0.4 is 15.6 Å². The Morgan fingerprint density at radius 3 is 2.76 bits per heavy atom. The summed E-state index contributed by atoms with van der Waals surface area (Å²) < 4.78 is 28.6. The van der Waals surface area contributed by atoms with Gasteiger partial charge in [0.15, 0.2) is 16.4 Å². The minimum atomic E-state index is -3.19. The van der Waals surface area contributed by atoms with E-state index in [1.807, 2.05) is 13.0 Å². The van der Waals surface area contributed by atoms with E-state index in [2.05, 4.69) is 16.0 Å². The second-order valence-corrected chi connectivity index (χ2v) is 9.18. The van der Waals surface area contributed by atoms with Crippen molar-refractivity contribution in [3.05, 3.63) is 29.8 Å². The molecule has 29 heavy (non-hydrogen) atoms. The molecule has 0 aliphatic carbocycles. The molecule has 1 aromatic carbocycles. The quantitative estimate of drug-likeness (QED) is 0.625. The van der Waals surface area contributed by atoms with Gasteiger partial charge >= 0.3 is 0 Å². The maximum Gasteiger partial charge on any atom is 0.285 e. The van der Waals surface area contributed by atoms with Crippen LogP contribution in [0.25, 0.3) is 0 Å². The zero-order chi connectivity index (χ0) is 21.0. The molecule has 1 fully saturated rings. The van der Waals surface area contributed by atoms with Gasteiger partial charge in [0.1, 0.15) is 11.5 Å². The summed E-state index contributed by atoms with van der Waals surface area (Å²) in [7, 11) is -3.19. The summed E-state index contributed by atoms with van der Waals surface area (Å²) in [6.07, 6.45) is 0.447. The fraction of sp³-hybridized carbons (Fsp3) is 0.444. The molecule has 10 nitrogen and oxygen atoms in total. The standard InChI is InChI=1S/C18H22N4O6S/c1-12-3-2-4-14(9-12)28-10-16(23)19-20-18(25)15-5-6-17(24)22(21-15)13-7-8-29(26,27)11-13/h2-4,9,13H,5-8,10-11H2,1H3,(H,19,23)(H,20,25). The molecule has 156 valence electrons. The van der Waals surface area contributed by atoms with Crippen LogP contribution in [-0.4, -0.2) is 61.0 Å². The topological polar surface area (TPSA) is 134 Å². The fourth-order valence-electron chi connectivity index (χ4n) is 3.08. The summed E-state index contributed by atoms with van der Waals surface area (Å²) in [5, 5.41) is 5.12. The first-order chi connectivity index (χ1) is 13.7. The van der Waals surface area contributed by atoms with Crippen molar-refractivity contribution in [3.8, 4) is 5.75 Å². The lowest BCUT2D eigenvalue weighted by atomic mass is 10.1. The zero-order valence-corrected chi connectivity index (χ0v) is 16.7. The Morgan fingerprint density at radius 1 is 1.28 bits per heavy atom. The van der Waals surface area contributed by atoms with Crippen molar-refractivity contribution in [2.75, 3.05) is 18.1 Å². The lowest BCUT2D eigenvalue weighted by Crippen LogP contribution is -2.49. The van der Waals surface area contributed by atoms with Crippen LogP contribution in [0.5, 0.6) is 5.75 Å². The molecular formula is C18H22N4O6S. The molecule has 2 aliphatic rings. The highest BCUT2D eigenvalue weighted by atomic mass is 32.2. The highest BCUT2D eigenvalue weighted by Crippen LogP contribution is 2.22. The van der Waals surface area contributed by atoms with Gasteiger partial charge in [-0.1, -0.05) is 12.1 Å². The molecule has 1 unspecified atom stereocenters. The van der Waals surface area contributed by atoms with E-state index in [1.54, 1.807) is 18.2 Å². The largest absolute Gasteiger partial charge is 0.484 e. The van der Waals surface area contributed by atoms with Gasteiger partial charge < -0.3 is 4.74 Å². The van der Waals surface area contributed by atoms with E-state index in [0.717, 1.165) is 10.6 Å². The average molecular weight is 422 g/mol. The predicted octanol–water partition coefficient (Wildman–Crippen LogP) is -0.313. The Bertz CT molecular complexity index is 959. The van der Waals surface area contributed by atoms with Gasteiger partial charge in [-0.05, 0) is 31.0 Å². The molecule has 3 amide bonds. The van der Waals surface area contributed by atoms with Gasteiger partial charge in [-0.25, -0.2) is 13.4 Å². The van der Waals surface area contributed by atoms with Crippen molar-refractivity contribution in [1.82, 2.24) is 15.9 Å². The predicted molar refractivity (Wildman–Crippen MR) is 104 cm³/mol. The Balaban J connectivity index is 1.52. The van der Waals surface area contributed by atoms with Crippen molar-refractivity contribution >= 4 is 33.3 Å². The number of nitrogens with one attached hydrogen (secondary N) is 2. The number of carbonyl (C=O) groups excluding carboxylic acids is 3. The lowest BCUT2D eigenvalue weighted by molar-refractivity contribution is -0.134. The summed E-state index contributed by atoms with van der Waals surface area (Å²) in [4.78, 5) is 36.2. The number of sulfone groups is 1. The van der Waals surface area contributed by atoms with Crippen LogP contribution in [-0.2, 0) is 24.2 Å². The Kier molecular flexibility index (Phi) is 6.16. The van der Waals surface area contributed by atoms with Gasteiger partial charge in [-0.3, -0.25) is 25.2 Å². The third kappa shape index (κ3) is 5.53. The van der Waals surface area contributed by atoms with E-state index >= 15 is 0 Å². The van der Waals surface area contributed by atoms with Gasteiger partial charge in [0, 0.05) is 12.8 Å². The van der Waals surface area contributed by atoms with E-state index in [0.29, 0.717) is 12.2 Å². The van der Waals surface area contributed by atoms with Crippen molar-refractivity contribution < 1.29 is 27.5 Å². The van der Waals surface area contributed by atoms with Crippen LogP contribution in [0.2, 0.25) is 0 Å². The van der Waals surface area contributed by atoms with Gasteiger partial charge in [0.2, 0.25) is 5.91 Å². The summed E-state index contributed by atoms with van der Waals surface area (Å²) in [5.41, 5.74) is 5.50. The summed E-state index contributed by atoms with van der Waals surface area (Å²) in [6.45, 7) is 1.60. The number of hydrazone groups is 1. The number of nitrogens with zero attached hydrogens (tertiary/aromatic N) is 2. The fourth-order valence-corrected chi connectivity index (χ4v) is 4.77. The number of benzene rings is 1. The van der Waals surface area contributed by atoms with Crippen LogP contribution in [0.3, 0.4) is 0 Å². The maximum atomic E-state index is 12.3. The number of carbonyl (C=O) groups is 3. The molecule has 11 heteroatoms. The highest BCUT2D eigenvalue weighted by Gasteiger charge is 2.37. The van der Waals surface area contributed by atoms with E-state index in [9.17, 15) is 22.8 Å². The summed E-state index contributed by atoms with van der Waals surface area (Å²) >= 11 is 0. The molecule has 2 N–H and O–H groups in total. The van der Waals surface area contributed by atoms with Crippen LogP contribution in [0.1, 0.15) is 24.8 Å². The number of hydrogen-bond acceptors (Lipinski definition) is 7. The molecular weight excluding hydrogens is 400 g/mol. The Morgan fingerprint density at radius 2 is 2.07 bits per heavy atom. The van der Waals surface area contributed by atoms with Gasteiger partial charge in [-0.15, -0.1) is 0 Å². The Labute approximate surface area is 168 Å². The minimum Gasteiger partial charge on any atom is -0.484 e. The third-order valence-electron chi connectivity index (χ3n) is 4.55. The molecule has 1 saturated heterocycles. The molecule has 0 radical (unpaired) electrons. The normalized spacial score (nSPS) is 20.7. The number of hydrogen-bond donors (Lipinski definition) is 2. The van der Waals surface area contributed by atoms with Crippen molar-refractivity contribution in [1.29, 1.82) is 0 Å². The smallest absolute Gasteiger partial charge is 0.285 e. The first-order valence-corrected chi connectivity index (χ1v) is 10.9. The van der Waals surface area contributed by atoms with Crippen molar-refractivity contribution in [2.45, 2.75) is 32.2 Å². The zero-order valence-electron chi connectivity index (χ0n) is 15.9. The second-order valence-electron chi connectivity index (χ2n) is 6.95. The number of ether oxygens (including phenoxy) is 1. The van der Waals surface area contributed by atoms with E-state index in [4.69, 9.17) is 4.74 Å². The van der Waals surface area contributed by atoms with Gasteiger partial charge in [-0.2, -0.15) is 5.10 Å². The van der Waals surface area contributed by atoms with Crippen molar-refractivity contribution in [3.63, 3.8) is 0 Å². The molecule has 2 aliphatic heterocycles. The molecule has 0 spiro atoms. The van der Waals surface area contributed by atoms with E-state index < -0.39 is 27.7 Å². The molecule has 0 saturated carbocycles. The SMILES string of the molecule is Cc1cccc(OCC(=O)NNC(=O)C2=NN(C3CCS(=O)(=O)C3)C(=O)CC2)c1.